The number of carbonyl (C=O) groups excluding carboxylic acids is 2. The molecule has 196 valence electrons. The largest absolute Gasteiger partial charge is 0.462 e. The van der Waals surface area contributed by atoms with Gasteiger partial charge in [0, 0.05) is 30.4 Å². The second-order valence-corrected chi connectivity index (χ2v) is 10.6. The van der Waals surface area contributed by atoms with Crippen LogP contribution in [0.15, 0.2) is 67.0 Å². The van der Waals surface area contributed by atoms with Crippen LogP contribution in [0.4, 0.5) is 0 Å². The Morgan fingerprint density at radius 2 is 1.45 bits per heavy atom. The van der Waals surface area contributed by atoms with E-state index >= 15 is 0 Å². The number of hydrogen-bond acceptors (Lipinski definition) is 4. The van der Waals surface area contributed by atoms with E-state index in [2.05, 4.69) is 4.98 Å². The Bertz CT molecular complexity index is 1450. The van der Waals surface area contributed by atoms with Crippen LogP contribution < -0.4 is 0 Å². The molecule has 4 aromatic rings. The van der Waals surface area contributed by atoms with Crippen LogP contribution in [-0.4, -0.2) is 27.9 Å². The molecule has 0 amide bonds. The maximum Gasteiger partial charge on any atom is 0.338 e. The summed E-state index contributed by atoms with van der Waals surface area (Å²) in [6.45, 7) is 8.49. The van der Waals surface area contributed by atoms with Gasteiger partial charge in [0.1, 0.15) is 0 Å². The Morgan fingerprint density at radius 1 is 0.842 bits per heavy atom. The molecular formula is C31H30Cl2N2O3. The molecule has 0 radical (unpaired) electrons. The summed E-state index contributed by atoms with van der Waals surface area (Å²) in [7, 11) is 0. The average Bonchev–Trinajstić information content (AvgIpc) is 3.31. The first-order chi connectivity index (χ1) is 18.1. The number of aromatic nitrogens is 2. The van der Waals surface area contributed by atoms with Crippen LogP contribution in [0.1, 0.15) is 66.7 Å². The quantitative estimate of drug-likeness (QED) is 0.159. The number of imidazole rings is 1. The van der Waals surface area contributed by atoms with Crippen molar-refractivity contribution in [3.63, 3.8) is 0 Å². The molecule has 1 unspecified atom stereocenters. The molecule has 3 aromatic carbocycles. The van der Waals surface area contributed by atoms with Crippen molar-refractivity contribution in [3.05, 3.63) is 122 Å². The van der Waals surface area contributed by atoms with Gasteiger partial charge in [-0.3, -0.25) is 4.79 Å². The number of aryl methyl sites for hydroxylation is 4. The topological polar surface area (TPSA) is 61.2 Å². The molecule has 0 saturated heterocycles. The minimum Gasteiger partial charge on any atom is -0.462 e. The van der Waals surface area contributed by atoms with Crippen LogP contribution in [0.25, 0.3) is 0 Å². The zero-order chi connectivity index (χ0) is 27.4. The molecule has 1 heterocycles. The Hall–Kier alpha value is -3.41. The highest BCUT2D eigenvalue weighted by Gasteiger charge is 2.21. The third-order valence-corrected chi connectivity index (χ3v) is 7.13. The van der Waals surface area contributed by atoms with Gasteiger partial charge < -0.3 is 9.30 Å². The predicted molar refractivity (Wildman–Crippen MR) is 152 cm³/mol. The molecule has 0 bridgehead atoms. The fourth-order valence-electron chi connectivity index (χ4n) is 4.74. The SMILES string of the molecule is Cc1cc(C)cc(C(=O)OCCC(Cn2ccnc2C(=O)c2cc(C)cc(C)c2)c2ccc(Cl)c(Cl)c2)c1. The number of ether oxygens (including phenoxy) is 1. The maximum absolute atomic E-state index is 13.4. The molecular weight excluding hydrogens is 519 g/mol. The predicted octanol–water partition coefficient (Wildman–Crippen LogP) is 7.69. The van der Waals surface area contributed by atoms with E-state index in [1.165, 1.54) is 0 Å². The van der Waals surface area contributed by atoms with Gasteiger partial charge in [0.15, 0.2) is 5.82 Å². The van der Waals surface area contributed by atoms with Gasteiger partial charge in [-0.1, -0.05) is 63.7 Å². The third kappa shape index (κ3) is 6.72. The number of halogens is 2. The number of ketones is 1. The Balaban J connectivity index is 1.56. The molecule has 0 aliphatic rings. The molecule has 0 aliphatic carbocycles. The van der Waals surface area contributed by atoms with Crippen molar-refractivity contribution in [1.82, 2.24) is 9.55 Å². The van der Waals surface area contributed by atoms with E-state index < -0.39 is 0 Å². The Kier molecular flexibility index (Phi) is 8.70. The first kappa shape index (κ1) is 27.6. The van der Waals surface area contributed by atoms with Gasteiger partial charge in [-0.25, -0.2) is 9.78 Å². The van der Waals surface area contributed by atoms with Crippen LogP contribution in [0, 0.1) is 27.7 Å². The van der Waals surface area contributed by atoms with Crippen molar-refractivity contribution in [2.45, 2.75) is 46.6 Å². The van der Waals surface area contributed by atoms with Crippen LogP contribution in [0.5, 0.6) is 0 Å². The van der Waals surface area contributed by atoms with Crippen molar-refractivity contribution in [3.8, 4) is 0 Å². The van der Waals surface area contributed by atoms with Gasteiger partial charge in [0.2, 0.25) is 5.78 Å². The molecule has 1 atom stereocenters. The number of nitrogens with zero attached hydrogens (tertiary/aromatic N) is 2. The number of rotatable bonds is 9. The minimum absolute atomic E-state index is 0.114. The van der Waals surface area contributed by atoms with Gasteiger partial charge in [0.05, 0.1) is 22.2 Å². The highest BCUT2D eigenvalue weighted by molar-refractivity contribution is 6.42. The summed E-state index contributed by atoms with van der Waals surface area (Å²) in [5, 5.41) is 0.905. The van der Waals surface area contributed by atoms with E-state index in [-0.39, 0.29) is 24.3 Å². The van der Waals surface area contributed by atoms with E-state index in [1.807, 2.05) is 80.8 Å². The van der Waals surface area contributed by atoms with E-state index in [9.17, 15) is 9.59 Å². The summed E-state index contributed by atoms with van der Waals surface area (Å²) in [5.74, 6) is -0.266. The molecule has 0 fully saturated rings. The lowest BCUT2D eigenvalue weighted by molar-refractivity contribution is 0.0490. The zero-order valence-corrected chi connectivity index (χ0v) is 23.4. The van der Waals surface area contributed by atoms with Crippen molar-refractivity contribution in [2.75, 3.05) is 6.61 Å². The van der Waals surface area contributed by atoms with Gasteiger partial charge in [-0.2, -0.15) is 0 Å². The molecule has 5 nitrogen and oxygen atoms in total. The van der Waals surface area contributed by atoms with Crippen molar-refractivity contribution < 1.29 is 14.3 Å². The van der Waals surface area contributed by atoms with Gasteiger partial charge >= 0.3 is 5.97 Å². The monoisotopic (exact) mass is 548 g/mol. The lowest BCUT2D eigenvalue weighted by Gasteiger charge is -2.20. The molecule has 1 aromatic heterocycles. The van der Waals surface area contributed by atoms with E-state index in [0.717, 1.165) is 27.8 Å². The lowest BCUT2D eigenvalue weighted by Crippen LogP contribution is -2.18. The first-order valence-electron chi connectivity index (χ1n) is 12.4. The summed E-state index contributed by atoms with van der Waals surface area (Å²) in [4.78, 5) is 30.5. The molecule has 0 N–H and O–H groups in total. The number of carbonyl (C=O) groups is 2. The number of benzene rings is 3. The molecule has 0 aliphatic heterocycles. The average molecular weight is 549 g/mol. The molecule has 7 heteroatoms. The molecule has 0 spiro atoms. The van der Waals surface area contributed by atoms with Gasteiger partial charge in [0.25, 0.3) is 0 Å². The smallest absolute Gasteiger partial charge is 0.338 e. The number of esters is 1. The van der Waals surface area contributed by atoms with Crippen molar-refractivity contribution in [2.24, 2.45) is 0 Å². The van der Waals surface area contributed by atoms with Gasteiger partial charge in [-0.15, -0.1) is 0 Å². The zero-order valence-electron chi connectivity index (χ0n) is 21.9. The van der Waals surface area contributed by atoms with E-state index in [1.54, 1.807) is 18.5 Å². The maximum atomic E-state index is 13.4. The Labute approximate surface area is 233 Å². The second kappa shape index (κ2) is 12.0. The number of hydrogen-bond donors (Lipinski definition) is 0. The fraction of sp³-hybridized carbons (Fsp3) is 0.258. The summed E-state index contributed by atoms with van der Waals surface area (Å²) < 4.78 is 7.49. The standard InChI is InChI=1S/C31H30Cl2N2O3/c1-19-11-20(2)14-25(13-19)29(36)30-34-8-9-35(30)18-24(23-5-6-27(32)28(33)17-23)7-10-38-31(37)26-15-21(3)12-22(4)16-26/h5-6,8-9,11-17,24H,7,10,18H2,1-4H3. The normalized spacial score (nSPS) is 11.8. The fourth-order valence-corrected chi connectivity index (χ4v) is 5.04. The van der Waals surface area contributed by atoms with Crippen LogP contribution in [0.3, 0.4) is 0 Å². The lowest BCUT2D eigenvalue weighted by atomic mass is 9.95. The Morgan fingerprint density at radius 3 is 2.05 bits per heavy atom. The van der Waals surface area contributed by atoms with Crippen LogP contribution >= 0.6 is 23.2 Å². The second-order valence-electron chi connectivity index (χ2n) is 9.78. The van der Waals surface area contributed by atoms with Crippen LogP contribution in [0.2, 0.25) is 10.0 Å². The minimum atomic E-state index is -0.363. The summed E-state index contributed by atoms with van der Waals surface area (Å²) >= 11 is 12.5. The summed E-state index contributed by atoms with van der Waals surface area (Å²) in [6.07, 6.45) is 3.94. The van der Waals surface area contributed by atoms with Crippen molar-refractivity contribution in [1.29, 1.82) is 0 Å². The highest BCUT2D eigenvalue weighted by atomic mass is 35.5. The van der Waals surface area contributed by atoms with Crippen LogP contribution in [-0.2, 0) is 11.3 Å². The molecule has 38 heavy (non-hydrogen) atoms. The van der Waals surface area contributed by atoms with E-state index in [4.69, 9.17) is 27.9 Å². The van der Waals surface area contributed by atoms with Gasteiger partial charge in [-0.05, 0) is 76.1 Å². The summed E-state index contributed by atoms with van der Waals surface area (Å²) in [5.41, 5.74) is 6.11. The molecule has 0 saturated carbocycles. The molecule has 4 rings (SSSR count). The summed E-state index contributed by atoms with van der Waals surface area (Å²) in [6, 6.07) is 16.9. The first-order valence-corrected chi connectivity index (χ1v) is 13.2. The third-order valence-electron chi connectivity index (χ3n) is 6.39. The van der Waals surface area contributed by atoms with E-state index in [0.29, 0.717) is 40.0 Å². The van der Waals surface area contributed by atoms with Crippen molar-refractivity contribution >= 4 is 35.0 Å². The highest BCUT2D eigenvalue weighted by Crippen LogP contribution is 2.30.